The molecule has 0 aliphatic heterocycles. The van der Waals surface area contributed by atoms with Crippen LogP contribution < -0.4 is 15.8 Å². The molecule has 0 aliphatic carbocycles. The van der Waals surface area contributed by atoms with Crippen LogP contribution in [-0.4, -0.2) is 32.7 Å². The lowest BCUT2D eigenvalue weighted by Gasteiger charge is -2.12. The number of hydrogen-bond donors (Lipinski definition) is 3. The van der Waals surface area contributed by atoms with Crippen molar-refractivity contribution in [3.63, 3.8) is 0 Å². The third-order valence-corrected chi connectivity index (χ3v) is 5.87. The van der Waals surface area contributed by atoms with Crippen LogP contribution in [0.3, 0.4) is 0 Å². The highest BCUT2D eigenvalue weighted by atomic mass is 35.5. The quantitative estimate of drug-likeness (QED) is 0.559. The van der Waals surface area contributed by atoms with Gasteiger partial charge in [-0.1, -0.05) is 32.0 Å². The third kappa shape index (κ3) is 6.82. The molecule has 1 amide bonds. The normalized spacial score (nSPS) is 11.1. The van der Waals surface area contributed by atoms with E-state index in [1.807, 2.05) is 12.1 Å². The number of rotatable bonds is 8. The Kier molecular flexibility index (Phi) is 9.28. The lowest BCUT2D eigenvalue weighted by Crippen LogP contribution is -2.29. The van der Waals surface area contributed by atoms with Crippen LogP contribution in [0.25, 0.3) is 0 Å². The number of benzene rings is 2. The van der Waals surface area contributed by atoms with Crippen molar-refractivity contribution >= 4 is 45.8 Å². The summed E-state index contributed by atoms with van der Waals surface area (Å²) in [6.07, 6.45) is 0. The Balaban J connectivity index is 0.00000364. The molecule has 0 aliphatic rings. The van der Waals surface area contributed by atoms with Crippen LogP contribution in [-0.2, 0) is 10.0 Å². The summed E-state index contributed by atoms with van der Waals surface area (Å²) < 4.78 is 26.8. The molecule has 0 heterocycles. The highest BCUT2D eigenvalue weighted by molar-refractivity contribution is 8.00. The number of thioether (sulfide) groups is 1. The van der Waals surface area contributed by atoms with Crippen LogP contribution in [0.15, 0.2) is 58.3 Å². The molecule has 0 unspecified atom stereocenters. The van der Waals surface area contributed by atoms with Gasteiger partial charge in [0, 0.05) is 28.9 Å². The first-order valence-electron chi connectivity index (χ1n) is 8.20. The summed E-state index contributed by atoms with van der Waals surface area (Å²) in [5.41, 5.74) is 6.30. The molecule has 0 saturated carbocycles. The monoisotopic (exact) mass is 429 g/mol. The van der Waals surface area contributed by atoms with E-state index in [2.05, 4.69) is 23.9 Å². The molecule has 0 bridgehead atoms. The van der Waals surface area contributed by atoms with Crippen LogP contribution in [0.5, 0.6) is 0 Å². The highest BCUT2D eigenvalue weighted by Crippen LogP contribution is 2.27. The van der Waals surface area contributed by atoms with Gasteiger partial charge < -0.3 is 11.1 Å². The van der Waals surface area contributed by atoms with Gasteiger partial charge in [-0.25, -0.2) is 13.1 Å². The molecular weight excluding hydrogens is 406 g/mol. The number of nitrogens with two attached hydrogens (primary N) is 1. The summed E-state index contributed by atoms with van der Waals surface area (Å²) in [6.45, 7) is 4.47. The van der Waals surface area contributed by atoms with Gasteiger partial charge in [0.1, 0.15) is 0 Å². The fourth-order valence-electron chi connectivity index (χ4n) is 2.23. The minimum Gasteiger partial charge on any atom is -0.329 e. The van der Waals surface area contributed by atoms with Crippen molar-refractivity contribution in [1.29, 1.82) is 0 Å². The molecule has 0 atom stereocenters. The Labute approximate surface area is 170 Å². The van der Waals surface area contributed by atoms with Crippen LogP contribution in [0.1, 0.15) is 24.2 Å². The number of nitrogens with one attached hydrogen (secondary N) is 2. The van der Waals surface area contributed by atoms with Gasteiger partial charge in [-0.3, -0.25) is 4.79 Å². The molecule has 27 heavy (non-hydrogen) atoms. The molecule has 6 nitrogen and oxygen atoms in total. The Morgan fingerprint density at radius 2 is 1.85 bits per heavy atom. The van der Waals surface area contributed by atoms with Gasteiger partial charge in [0.15, 0.2) is 0 Å². The Morgan fingerprint density at radius 3 is 2.52 bits per heavy atom. The first-order valence-corrected chi connectivity index (χ1v) is 10.6. The van der Waals surface area contributed by atoms with Crippen molar-refractivity contribution in [2.24, 2.45) is 5.73 Å². The van der Waals surface area contributed by atoms with Crippen molar-refractivity contribution in [2.45, 2.75) is 28.9 Å². The molecule has 4 N–H and O–H groups in total. The van der Waals surface area contributed by atoms with Crippen LogP contribution >= 0.6 is 24.2 Å². The van der Waals surface area contributed by atoms with Gasteiger partial charge in [-0.05, 0) is 30.3 Å². The number of carbonyl (C=O) groups is 1. The molecule has 0 saturated heterocycles. The van der Waals surface area contributed by atoms with Gasteiger partial charge in [0.2, 0.25) is 10.0 Å². The van der Waals surface area contributed by atoms with Gasteiger partial charge in [-0.15, -0.1) is 24.2 Å². The maximum absolute atomic E-state index is 12.6. The summed E-state index contributed by atoms with van der Waals surface area (Å²) >= 11 is 1.60. The standard InChI is InChI=1S/C18H23N3O3S2.ClH/c1-13(2)25-17-9-4-3-8-16(17)18(22)21-14-6-5-7-15(12-14)26(23,24)20-11-10-19;/h3-9,12-13,20H,10-11,19H2,1-2H3,(H,21,22);1H. The summed E-state index contributed by atoms with van der Waals surface area (Å²) in [5, 5.41) is 3.11. The van der Waals surface area contributed by atoms with Crippen LogP contribution in [0.4, 0.5) is 5.69 Å². The molecule has 2 aromatic rings. The molecule has 0 spiro atoms. The van der Waals surface area contributed by atoms with E-state index in [1.54, 1.807) is 36.0 Å². The Morgan fingerprint density at radius 1 is 1.15 bits per heavy atom. The van der Waals surface area contributed by atoms with Crippen molar-refractivity contribution < 1.29 is 13.2 Å². The van der Waals surface area contributed by atoms with Gasteiger partial charge in [0.25, 0.3) is 5.91 Å². The zero-order chi connectivity index (χ0) is 19.2. The fourth-order valence-corrected chi connectivity index (χ4v) is 4.27. The molecule has 0 fully saturated rings. The van der Waals surface area contributed by atoms with E-state index >= 15 is 0 Å². The van der Waals surface area contributed by atoms with Crippen LogP contribution in [0.2, 0.25) is 0 Å². The second kappa shape index (κ2) is 10.7. The van der Waals surface area contributed by atoms with E-state index in [0.29, 0.717) is 16.5 Å². The fraction of sp³-hybridized carbons (Fsp3) is 0.278. The van der Waals surface area contributed by atoms with E-state index in [-0.39, 0.29) is 36.3 Å². The highest BCUT2D eigenvalue weighted by Gasteiger charge is 2.16. The molecule has 148 valence electrons. The topological polar surface area (TPSA) is 101 Å². The van der Waals surface area contributed by atoms with Crippen molar-refractivity contribution in [2.75, 3.05) is 18.4 Å². The third-order valence-electron chi connectivity index (χ3n) is 3.33. The van der Waals surface area contributed by atoms with Crippen molar-refractivity contribution in [3.8, 4) is 0 Å². The van der Waals surface area contributed by atoms with E-state index in [9.17, 15) is 13.2 Å². The minimum atomic E-state index is -3.65. The van der Waals surface area contributed by atoms with E-state index in [1.165, 1.54) is 12.1 Å². The summed E-state index contributed by atoms with van der Waals surface area (Å²) in [5.74, 6) is -0.279. The first kappa shape index (κ1) is 23.5. The summed E-state index contributed by atoms with van der Waals surface area (Å²) in [6, 6.07) is 13.5. The first-order chi connectivity index (χ1) is 12.3. The second-order valence-corrected chi connectivity index (χ2v) is 9.22. The van der Waals surface area contributed by atoms with Crippen molar-refractivity contribution in [1.82, 2.24) is 4.72 Å². The number of carbonyl (C=O) groups excluding carboxylic acids is 1. The molecule has 2 aromatic carbocycles. The minimum absolute atomic E-state index is 0. The predicted molar refractivity (Wildman–Crippen MR) is 113 cm³/mol. The van der Waals surface area contributed by atoms with E-state index in [4.69, 9.17) is 5.73 Å². The summed E-state index contributed by atoms with van der Waals surface area (Å²) in [4.78, 5) is 13.6. The molecule has 2 rings (SSSR count). The predicted octanol–water partition coefficient (Wildman–Crippen LogP) is 3.10. The van der Waals surface area contributed by atoms with E-state index < -0.39 is 10.0 Å². The largest absolute Gasteiger partial charge is 0.329 e. The molecule has 0 radical (unpaired) electrons. The average molecular weight is 430 g/mol. The van der Waals surface area contributed by atoms with Crippen molar-refractivity contribution in [3.05, 3.63) is 54.1 Å². The Hall–Kier alpha value is -1.58. The smallest absolute Gasteiger partial charge is 0.256 e. The maximum Gasteiger partial charge on any atom is 0.256 e. The number of amides is 1. The zero-order valence-corrected chi connectivity index (χ0v) is 17.6. The number of sulfonamides is 1. The number of anilines is 1. The lowest BCUT2D eigenvalue weighted by molar-refractivity contribution is 0.102. The zero-order valence-electron chi connectivity index (χ0n) is 15.1. The molecule has 0 aromatic heterocycles. The van der Waals surface area contributed by atoms with E-state index in [0.717, 1.165) is 4.90 Å². The maximum atomic E-state index is 12.6. The molecule has 9 heteroatoms. The van der Waals surface area contributed by atoms with Crippen LogP contribution in [0, 0.1) is 0 Å². The average Bonchev–Trinajstić information content (AvgIpc) is 2.60. The molecular formula is C18H24ClN3O3S2. The van der Waals surface area contributed by atoms with Gasteiger partial charge >= 0.3 is 0 Å². The second-order valence-electron chi connectivity index (χ2n) is 5.83. The number of hydrogen-bond acceptors (Lipinski definition) is 5. The summed E-state index contributed by atoms with van der Waals surface area (Å²) in [7, 11) is -3.65. The Bertz CT molecular complexity index is 874. The lowest BCUT2D eigenvalue weighted by atomic mass is 10.2. The SMILES string of the molecule is CC(C)Sc1ccccc1C(=O)Nc1cccc(S(=O)(=O)NCCN)c1.Cl. The van der Waals surface area contributed by atoms with Gasteiger partial charge in [-0.2, -0.15) is 0 Å². The number of halogens is 1. The van der Waals surface area contributed by atoms with Gasteiger partial charge in [0.05, 0.1) is 10.5 Å².